The zero-order valence-corrected chi connectivity index (χ0v) is 23.7. The number of benzene rings is 1. The molecule has 1 amide bonds. The molecule has 2 aromatic heterocycles. The van der Waals surface area contributed by atoms with E-state index in [2.05, 4.69) is 4.98 Å². The van der Waals surface area contributed by atoms with E-state index < -0.39 is 29.1 Å². The molecule has 1 atom stereocenters. The van der Waals surface area contributed by atoms with Gasteiger partial charge in [-0.05, 0) is 36.7 Å². The minimum atomic E-state index is -5.95. The molecule has 0 bridgehead atoms. The summed E-state index contributed by atoms with van der Waals surface area (Å²) >= 11 is 0. The Kier molecular flexibility index (Phi) is 8.16. The van der Waals surface area contributed by atoms with Crippen LogP contribution in [0.25, 0.3) is 16.3 Å². The SMILES string of the molecule is CCCc1cc(C(O)(C(F)(F)F)C(F)(F)F)ccc1N1CCN(C(=O)CN2C[N-]C(C)(c3cc4ccoc4cn3)C2)CC1. The first-order chi connectivity index (χ1) is 20.2. The van der Waals surface area contributed by atoms with Gasteiger partial charge < -0.3 is 29.5 Å². The Morgan fingerprint density at radius 1 is 1.07 bits per heavy atom. The molecular formula is C29H32F6N5O3-. The molecule has 43 heavy (non-hydrogen) atoms. The first-order valence-corrected chi connectivity index (χ1v) is 13.9. The molecule has 4 heterocycles. The molecule has 0 radical (unpaired) electrons. The number of aromatic nitrogens is 1. The molecule has 5 rings (SSSR count). The van der Waals surface area contributed by atoms with E-state index in [0.29, 0.717) is 63.2 Å². The summed E-state index contributed by atoms with van der Waals surface area (Å²) in [5.74, 6) is -0.0955. The van der Waals surface area contributed by atoms with E-state index >= 15 is 0 Å². The number of carbonyl (C=O) groups excluding carboxylic acids is 1. The van der Waals surface area contributed by atoms with Crippen LogP contribution in [0.5, 0.6) is 0 Å². The molecule has 0 spiro atoms. The highest BCUT2D eigenvalue weighted by molar-refractivity contribution is 5.79. The maximum absolute atomic E-state index is 13.5. The number of fused-ring (bicyclic) bond motifs is 1. The lowest BCUT2D eigenvalue weighted by atomic mass is 9.89. The predicted octanol–water partition coefficient (Wildman–Crippen LogP) is 5.30. The summed E-state index contributed by atoms with van der Waals surface area (Å²) in [7, 11) is 0. The standard InChI is InChI=1S/C29H32F6N5O3/c1-3-4-19-13-21(27(42,28(30,31)32)29(33,34)35)5-6-22(19)39-8-10-40(11-9-39)25(41)16-38-17-26(2,37-18-38)24-14-20-7-12-43-23(20)15-36-24/h5-7,12-15,42H,3-4,8-11,16-18H2,1-2H3/q-1. The average Bonchev–Trinajstić information content (AvgIpc) is 3.58. The third kappa shape index (κ3) is 5.79. The number of hydrogen-bond donors (Lipinski definition) is 1. The fourth-order valence-corrected chi connectivity index (χ4v) is 5.79. The number of furan rings is 1. The highest BCUT2D eigenvalue weighted by Gasteiger charge is 2.71. The minimum absolute atomic E-state index is 0.0955. The van der Waals surface area contributed by atoms with Crippen molar-refractivity contribution in [1.29, 1.82) is 0 Å². The van der Waals surface area contributed by atoms with Crippen LogP contribution in [0.15, 0.2) is 47.2 Å². The fourth-order valence-electron chi connectivity index (χ4n) is 5.79. The number of anilines is 1. The Balaban J connectivity index is 1.23. The molecule has 2 aliphatic heterocycles. The minimum Gasteiger partial charge on any atom is -0.638 e. The molecule has 0 aliphatic carbocycles. The fraction of sp³-hybridized carbons (Fsp3) is 0.517. The highest BCUT2D eigenvalue weighted by Crippen LogP contribution is 2.50. The van der Waals surface area contributed by atoms with E-state index in [1.807, 2.05) is 28.9 Å². The molecule has 2 aliphatic rings. The second kappa shape index (κ2) is 11.3. The van der Waals surface area contributed by atoms with Crippen LogP contribution in [0.1, 0.15) is 37.1 Å². The van der Waals surface area contributed by atoms with Gasteiger partial charge >= 0.3 is 12.4 Å². The van der Waals surface area contributed by atoms with Crippen LogP contribution in [0.3, 0.4) is 0 Å². The molecule has 1 N–H and O–H groups in total. The summed E-state index contributed by atoms with van der Waals surface area (Å²) in [6, 6.07) is 6.45. The number of amides is 1. The summed E-state index contributed by atoms with van der Waals surface area (Å²) in [6.07, 6.45) is -7.97. The zero-order chi connectivity index (χ0) is 31.2. The monoisotopic (exact) mass is 612 g/mol. The van der Waals surface area contributed by atoms with Gasteiger partial charge in [-0.3, -0.25) is 9.78 Å². The largest absolute Gasteiger partial charge is 0.638 e. The van der Waals surface area contributed by atoms with E-state index in [9.17, 15) is 36.2 Å². The van der Waals surface area contributed by atoms with Gasteiger partial charge in [-0.25, -0.2) is 0 Å². The molecule has 2 fully saturated rings. The maximum atomic E-state index is 13.5. The lowest BCUT2D eigenvalue weighted by molar-refractivity contribution is -0.376. The van der Waals surface area contributed by atoms with Gasteiger partial charge in [-0.2, -0.15) is 26.3 Å². The number of aliphatic hydroxyl groups is 1. The summed E-state index contributed by atoms with van der Waals surface area (Å²) in [5, 5.41) is 15.5. The number of piperazine rings is 1. The Morgan fingerprint density at radius 3 is 2.42 bits per heavy atom. The van der Waals surface area contributed by atoms with Crippen LogP contribution >= 0.6 is 0 Å². The predicted molar refractivity (Wildman–Crippen MR) is 146 cm³/mol. The van der Waals surface area contributed by atoms with Gasteiger partial charge in [-0.1, -0.05) is 44.6 Å². The molecular weight excluding hydrogens is 580 g/mol. The summed E-state index contributed by atoms with van der Waals surface area (Å²) < 4.78 is 86.1. The van der Waals surface area contributed by atoms with Crippen LogP contribution in [0, 0.1) is 0 Å². The molecule has 3 aromatic rings. The van der Waals surface area contributed by atoms with E-state index in [0.717, 1.165) is 17.1 Å². The van der Waals surface area contributed by atoms with Crippen LogP contribution < -0.4 is 4.90 Å². The van der Waals surface area contributed by atoms with Crippen molar-refractivity contribution < 1.29 is 40.7 Å². The van der Waals surface area contributed by atoms with E-state index in [4.69, 9.17) is 9.73 Å². The quantitative estimate of drug-likeness (QED) is 0.365. The molecule has 0 saturated carbocycles. The molecule has 1 aromatic carbocycles. The van der Waals surface area contributed by atoms with Gasteiger partial charge in [0.25, 0.3) is 5.60 Å². The van der Waals surface area contributed by atoms with Crippen molar-refractivity contribution in [1.82, 2.24) is 14.8 Å². The first kappa shape index (κ1) is 31.1. The highest BCUT2D eigenvalue weighted by atomic mass is 19.4. The third-order valence-corrected chi connectivity index (χ3v) is 8.21. The second-order valence-electron chi connectivity index (χ2n) is 11.3. The van der Waals surface area contributed by atoms with Crippen LogP contribution in [-0.4, -0.2) is 84.1 Å². The van der Waals surface area contributed by atoms with Crippen LogP contribution in [0.2, 0.25) is 0 Å². The Morgan fingerprint density at radius 2 is 1.77 bits per heavy atom. The van der Waals surface area contributed by atoms with Crippen molar-refractivity contribution in [2.45, 2.75) is 50.2 Å². The van der Waals surface area contributed by atoms with E-state index in [-0.39, 0.29) is 24.4 Å². The Hall–Kier alpha value is -3.36. The number of aryl methyl sites for hydroxylation is 1. The normalized spacial score (nSPS) is 20.8. The molecule has 14 heteroatoms. The van der Waals surface area contributed by atoms with Crippen molar-refractivity contribution >= 4 is 22.6 Å². The number of carbonyl (C=O) groups is 1. The van der Waals surface area contributed by atoms with E-state index in [1.54, 1.807) is 24.3 Å². The number of alkyl halides is 6. The lowest BCUT2D eigenvalue weighted by Crippen LogP contribution is -2.54. The van der Waals surface area contributed by atoms with Crippen molar-refractivity contribution in [3.63, 3.8) is 0 Å². The van der Waals surface area contributed by atoms with Gasteiger partial charge in [0.2, 0.25) is 5.91 Å². The third-order valence-electron chi connectivity index (χ3n) is 8.21. The van der Waals surface area contributed by atoms with Gasteiger partial charge in [0.05, 0.1) is 19.0 Å². The van der Waals surface area contributed by atoms with Crippen molar-refractivity contribution in [2.24, 2.45) is 0 Å². The van der Waals surface area contributed by atoms with Gasteiger partial charge in [0, 0.05) is 48.5 Å². The average molecular weight is 613 g/mol. The molecule has 1 unspecified atom stereocenters. The number of nitrogens with zero attached hydrogens (tertiary/aromatic N) is 5. The number of pyridine rings is 1. The van der Waals surface area contributed by atoms with Gasteiger partial charge in [0.15, 0.2) is 5.58 Å². The van der Waals surface area contributed by atoms with Crippen molar-refractivity contribution in [3.8, 4) is 0 Å². The summed E-state index contributed by atoms with van der Waals surface area (Å²) in [4.78, 5) is 23.1. The molecule has 8 nitrogen and oxygen atoms in total. The summed E-state index contributed by atoms with van der Waals surface area (Å²) in [6.45, 7) is 6.11. The maximum Gasteiger partial charge on any atom is 0.430 e. The van der Waals surface area contributed by atoms with Gasteiger partial charge in [0.1, 0.15) is 0 Å². The number of rotatable bonds is 7. The molecule has 2 saturated heterocycles. The second-order valence-corrected chi connectivity index (χ2v) is 11.3. The van der Waals surface area contributed by atoms with Gasteiger partial charge in [-0.15, -0.1) is 0 Å². The first-order valence-electron chi connectivity index (χ1n) is 13.9. The summed E-state index contributed by atoms with van der Waals surface area (Å²) in [5.41, 5.74) is -4.62. The van der Waals surface area contributed by atoms with Crippen LogP contribution in [-0.2, 0) is 22.4 Å². The number of halogens is 6. The smallest absolute Gasteiger partial charge is 0.430 e. The topological polar surface area (TPSA) is 87.2 Å². The lowest BCUT2D eigenvalue weighted by Gasteiger charge is -2.38. The van der Waals surface area contributed by atoms with Crippen molar-refractivity contribution in [3.05, 3.63) is 64.9 Å². The molecule has 234 valence electrons. The zero-order valence-electron chi connectivity index (χ0n) is 23.7. The van der Waals surface area contributed by atoms with Crippen LogP contribution in [0.4, 0.5) is 32.0 Å². The Labute approximate surface area is 244 Å². The number of hydrogen-bond acceptors (Lipinski definition) is 6. The Bertz CT molecular complexity index is 1450. The van der Waals surface area contributed by atoms with E-state index in [1.165, 1.54) is 6.07 Å². The van der Waals surface area contributed by atoms with Crippen molar-refractivity contribution in [2.75, 3.05) is 50.8 Å².